The zero-order valence-electron chi connectivity index (χ0n) is 10.1. The molecule has 0 spiro atoms. The molecule has 2 aliphatic rings. The molecule has 18 heavy (non-hydrogen) atoms. The molecule has 0 unspecified atom stereocenters. The Labute approximate surface area is 112 Å². The van der Waals surface area contributed by atoms with Gasteiger partial charge in [0.25, 0.3) is 0 Å². The Morgan fingerprint density at radius 1 is 1.06 bits per heavy atom. The summed E-state index contributed by atoms with van der Waals surface area (Å²) in [6.07, 6.45) is 1.95. The Morgan fingerprint density at radius 3 is 2.56 bits per heavy atom. The first-order chi connectivity index (χ1) is 8.69. The predicted octanol–water partition coefficient (Wildman–Crippen LogP) is 1.94. The van der Waals surface area contributed by atoms with E-state index in [9.17, 15) is 8.42 Å². The summed E-state index contributed by atoms with van der Waals surface area (Å²) in [6, 6.07) is 7.75. The number of thioether (sulfide) groups is 1. The second-order valence-electron chi connectivity index (χ2n) is 4.50. The van der Waals surface area contributed by atoms with Crippen LogP contribution in [0.5, 0.6) is 0 Å². The van der Waals surface area contributed by atoms with Gasteiger partial charge in [0.15, 0.2) is 0 Å². The van der Waals surface area contributed by atoms with Crippen LogP contribution in [0, 0.1) is 0 Å². The van der Waals surface area contributed by atoms with Crippen LogP contribution in [0.15, 0.2) is 29.2 Å². The SMILES string of the molecule is O=S(=O)(N1CCCC1)N1CCSc2ccccc21. The number of benzene rings is 1. The van der Waals surface area contributed by atoms with Crippen molar-refractivity contribution in [3.63, 3.8) is 0 Å². The molecule has 2 heterocycles. The largest absolute Gasteiger partial charge is 0.304 e. The zero-order valence-corrected chi connectivity index (χ0v) is 11.7. The van der Waals surface area contributed by atoms with Crippen molar-refractivity contribution in [1.82, 2.24) is 4.31 Å². The Hall–Kier alpha value is -0.720. The van der Waals surface area contributed by atoms with E-state index in [-0.39, 0.29) is 0 Å². The van der Waals surface area contributed by atoms with Gasteiger partial charge in [-0.3, -0.25) is 4.31 Å². The van der Waals surface area contributed by atoms with Crippen molar-refractivity contribution >= 4 is 27.7 Å². The molecule has 1 saturated heterocycles. The number of rotatable bonds is 2. The smallest absolute Gasteiger partial charge is 0.256 e. The van der Waals surface area contributed by atoms with Gasteiger partial charge in [-0.15, -0.1) is 11.8 Å². The number of hydrogen-bond acceptors (Lipinski definition) is 3. The lowest BCUT2D eigenvalue weighted by Crippen LogP contribution is -2.44. The van der Waals surface area contributed by atoms with E-state index in [1.165, 1.54) is 0 Å². The summed E-state index contributed by atoms with van der Waals surface area (Å²) in [5.41, 5.74) is 0.834. The quantitative estimate of drug-likeness (QED) is 0.833. The summed E-state index contributed by atoms with van der Waals surface area (Å²) in [7, 11) is -3.32. The topological polar surface area (TPSA) is 40.6 Å². The van der Waals surface area contributed by atoms with E-state index in [0.717, 1.165) is 29.2 Å². The van der Waals surface area contributed by atoms with Crippen LogP contribution in [-0.4, -0.2) is 38.1 Å². The van der Waals surface area contributed by atoms with Crippen LogP contribution < -0.4 is 4.31 Å². The van der Waals surface area contributed by atoms with E-state index in [1.807, 2.05) is 24.3 Å². The summed E-state index contributed by atoms with van der Waals surface area (Å²) in [5.74, 6) is 0.823. The Kier molecular flexibility index (Phi) is 3.25. The molecule has 0 aromatic heterocycles. The average molecular weight is 284 g/mol. The van der Waals surface area contributed by atoms with Gasteiger partial charge in [-0.05, 0) is 25.0 Å². The molecule has 1 aromatic rings. The standard InChI is InChI=1S/C12H16N2O2S2/c15-18(16,13-7-3-4-8-13)14-9-10-17-12-6-2-1-5-11(12)14/h1-2,5-6H,3-4,7-10H2. The summed E-state index contributed by atoms with van der Waals surface area (Å²) < 4.78 is 28.4. The van der Waals surface area contributed by atoms with Crippen LogP contribution in [0.1, 0.15) is 12.8 Å². The van der Waals surface area contributed by atoms with Crippen LogP contribution in [0.2, 0.25) is 0 Å². The highest BCUT2D eigenvalue weighted by Crippen LogP contribution is 2.36. The lowest BCUT2D eigenvalue weighted by molar-refractivity contribution is 0.473. The molecule has 0 saturated carbocycles. The summed E-state index contributed by atoms with van der Waals surface area (Å²) >= 11 is 1.73. The molecule has 1 aromatic carbocycles. The summed E-state index contributed by atoms with van der Waals surface area (Å²) in [6.45, 7) is 1.89. The molecular formula is C12H16N2O2S2. The van der Waals surface area contributed by atoms with Crippen molar-refractivity contribution in [3.05, 3.63) is 24.3 Å². The fraction of sp³-hybridized carbons (Fsp3) is 0.500. The number of para-hydroxylation sites is 1. The highest BCUT2D eigenvalue weighted by atomic mass is 32.2. The molecule has 4 nitrogen and oxygen atoms in total. The van der Waals surface area contributed by atoms with Crippen molar-refractivity contribution in [2.45, 2.75) is 17.7 Å². The van der Waals surface area contributed by atoms with Gasteiger partial charge in [-0.2, -0.15) is 12.7 Å². The minimum Gasteiger partial charge on any atom is -0.256 e. The number of anilines is 1. The van der Waals surface area contributed by atoms with Crippen molar-refractivity contribution < 1.29 is 8.42 Å². The van der Waals surface area contributed by atoms with Gasteiger partial charge < -0.3 is 0 Å². The molecule has 6 heteroatoms. The molecule has 0 aliphatic carbocycles. The van der Waals surface area contributed by atoms with E-state index < -0.39 is 10.2 Å². The van der Waals surface area contributed by atoms with Crippen molar-refractivity contribution in [3.8, 4) is 0 Å². The molecule has 0 amide bonds. The van der Waals surface area contributed by atoms with Gasteiger partial charge in [-0.1, -0.05) is 12.1 Å². The summed E-state index contributed by atoms with van der Waals surface area (Å²) in [5, 5.41) is 0. The maximum absolute atomic E-state index is 12.6. The molecule has 0 N–H and O–H groups in total. The molecule has 2 aliphatic heterocycles. The molecule has 0 bridgehead atoms. The van der Waals surface area contributed by atoms with Gasteiger partial charge in [-0.25, -0.2) is 0 Å². The highest BCUT2D eigenvalue weighted by molar-refractivity contribution is 7.99. The molecular weight excluding hydrogens is 268 g/mol. The Balaban J connectivity index is 1.98. The average Bonchev–Trinajstić information content (AvgIpc) is 2.92. The fourth-order valence-electron chi connectivity index (χ4n) is 2.44. The number of nitrogens with zero attached hydrogens (tertiary/aromatic N) is 2. The fourth-order valence-corrected chi connectivity index (χ4v) is 5.34. The molecule has 0 radical (unpaired) electrons. The third-order valence-corrected chi connectivity index (χ3v) is 6.35. The predicted molar refractivity (Wildman–Crippen MR) is 74.2 cm³/mol. The minimum absolute atomic E-state index is 0.570. The van der Waals surface area contributed by atoms with Crippen LogP contribution in [0.3, 0.4) is 0 Å². The molecule has 1 fully saturated rings. The second kappa shape index (κ2) is 4.75. The summed E-state index contributed by atoms with van der Waals surface area (Å²) in [4.78, 5) is 1.06. The van der Waals surface area contributed by atoms with E-state index in [4.69, 9.17) is 0 Å². The van der Waals surface area contributed by atoms with E-state index >= 15 is 0 Å². The zero-order chi connectivity index (χ0) is 12.6. The van der Waals surface area contributed by atoms with Crippen LogP contribution >= 0.6 is 11.8 Å². The maximum atomic E-state index is 12.6. The van der Waals surface area contributed by atoms with Gasteiger partial charge >= 0.3 is 10.2 Å². The van der Waals surface area contributed by atoms with Crippen LogP contribution in [-0.2, 0) is 10.2 Å². The van der Waals surface area contributed by atoms with Gasteiger partial charge in [0.05, 0.1) is 5.69 Å². The van der Waals surface area contributed by atoms with Crippen LogP contribution in [0.25, 0.3) is 0 Å². The maximum Gasteiger partial charge on any atom is 0.304 e. The first-order valence-corrected chi connectivity index (χ1v) is 8.57. The van der Waals surface area contributed by atoms with E-state index in [0.29, 0.717) is 19.6 Å². The van der Waals surface area contributed by atoms with Crippen molar-refractivity contribution in [1.29, 1.82) is 0 Å². The minimum atomic E-state index is -3.32. The third kappa shape index (κ3) is 2.02. The van der Waals surface area contributed by atoms with E-state index in [1.54, 1.807) is 20.4 Å². The lowest BCUT2D eigenvalue weighted by Gasteiger charge is -2.32. The number of fused-ring (bicyclic) bond motifs is 1. The number of hydrogen-bond donors (Lipinski definition) is 0. The Bertz CT molecular complexity index is 539. The normalized spacial score (nSPS) is 21.0. The Morgan fingerprint density at radius 2 is 1.78 bits per heavy atom. The highest BCUT2D eigenvalue weighted by Gasteiger charge is 2.34. The molecule has 98 valence electrons. The van der Waals surface area contributed by atoms with Gasteiger partial charge in [0.2, 0.25) is 0 Å². The second-order valence-corrected chi connectivity index (χ2v) is 7.49. The first-order valence-electron chi connectivity index (χ1n) is 6.19. The van der Waals surface area contributed by atoms with Gasteiger partial charge in [0.1, 0.15) is 0 Å². The monoisotopic (exact) mass is 284 g/mol. The van der Waals surface area contributed by atoms with Gasteiger partial charge in [0, 0.05) is 30.3 Å². The van der Waals surface area contributed by atoms with Crippen molar-refractivity contribution in [2.75, 3.05) is 29.7 Å². The first kappa shape index (κ1) is 12.3. The van der Waals surface area contributed by atoms with Crippen molar-refractivity contribution in [2.24, 2.45) is 0 Å². The third-order valence-electron chi connectivity index (χ3n) is 3.36. The van der Waals surface area contributed by atoms with Crippen LogP contribution in [0.4, 0.5) is 5.69 Å². The lowest BCUT2D eigenvalue weighted by atomic mass is 10.3. The molecule has 3 rings (SSSR count). The van der Waals surface area contributed by atoms with E-state index in [2.05, 4.69) is 0 Å². The molecule has 0 atom stereocenters.